The van der Waals surface area contributed by atoms with E-state index in [1.165, 1.54) is 11.8 Å². The molecule has 0 radical (unpaired) electrons. The van der Waals surface area contributed by atoms with Gasteiger partial charge in [0, 0.05) is 10.5 Å². The van der Waals surface area contributed by atoms with Crippen molar-refractivity contribution < 1.29 is 5.21 Å². The second kappa shape index (κ2) is 5.15. The molecule has 0 unspecified atom stereocenters. The first-order chi connectivity index (χ1) is 8.19. The molecule has 0 saturated heterocycles. The van der Waals surface area contributed by atoms with Gasteiger partial charge >= 0.3 is 0 Å². The van der Waals surface area contributed by atoms with Crippen molar-refractivity contribution in [1.82, 2.24) is 10.2 Å². The van der Waals surface area contributed by atoms with Crippen LogP contribution < -0.4 is 5.73 Å². The van der Waals surface area contributed by atoms with Crippen LogP contribution in [0.15, 0.2) is 38.7 Å². The van der Waals surface area contributed by atoms with Gasteiger partial charge in [-0.05, 0) is 19.1 Å². The van der Waals surface area contributed by atoms with Gasteiger partial charge in [-0.15, -0.1) is 10.2 Å². The third-order valence-corrected chi connectivity index (χ3v) is 3.87. The first-order valence-corrected chi connectivity index (χ1v) is 6.38. The van der Waals surface area contributed by atoms with Crippen molar-refractivity contribution in [2.24, 2.45) is 10.9 Å². The van der Waals surface area contributed by atoms with Crippen LogP contribution in [-0.4, -0.2) is 21.2 Å². The Hall–Kier alpha value is -1.60. The summed E-state index contributed by atoms with van der Waals surface area (Å²) in [4.78, 5) is 1.04. The van der Waals surface area contributed by atoms with Gasteiger partial charge in [-0.25, -0.2) is 0 Å². The third-order valence-electron chi connectivity index (χ3n) is 1.97. The van der Waals surface area contributed by atoms with Crippen molar-refractivity contribution in [2.75, 3.05) is 0 Å². The van der Waals surface area contributed by atoms with Crippen molar-refractivity contribution in [2.45, 2.75) is 16.2 Å². The van der Waals surface area contributed by atoms with Crippen LogP contribution in [0.25, 0.3) is 0 Å². The molecular formula is C10H10N4OS2. The number of nitrogens with two attached hydrogens (primary N) is 1. The quantitative estimate of drug-likeness (QED) is 0.384. The Morgan fingerprint density at radius 3 is 2.59 bits per heavy atom. The van der Waals surface area contributed by atoms with Crippen molar-refractivity contribution in [3.05, 3.63) is 34.8 Å². The molecule has 0 saturated carbocycles. The maximum absolute atomic E-state index is 8.54. The van der Waals surface area contributed by atoms with Gasteiger partial charge in [-0.3, -0.25) is 0 Å². The first-order valence-electron chi connectivity index (χ1n) is 4.75. The van der Waals surface area contributed by atoms with Crippen LogP contribution in [0.1, 0.15) is 10.6 Å². The number of hydrogen-bond acceptors (Lipinski definition) is 6. The van der Waals surface area contributed by atoms with Gasteiger partial charge in [0.1, 0.15) is 5.01 Å². The number of rotatable bonds is 3. The summed E-state index contributed by atoms with van der Waals surface area (Å²) in [6, 6.07) is 7.39. The van der Waals surface area contributed by atoms with Crippen LogP contribution in [0.4, 0.5) is 0 Å². The standard InChI is InChI=1S/C10H10N4OS2/c1-6-12-13-10(16-6)17-8-4-2-7(3-5-8)9(11)14-15/h2-5,15H,1H3,(H2,11,14). The van der Waals surface area contributed by atoms with Gasteiger partial charge in [0.25, 0.3) is 0 Å². The van der Waals surface area contributed by atoms with E-state index in [4.69, 9.17) is 10.9 Å². The lowest BCUT2D eigenvalue weighted by Crippen LogP contribution is -2.12. The van der Waals surface area contributed by atoms with Crippen molar-refractivity contribution in [3.63, 3.8) is 0 Å². The van der Waals surface area contributed by atoms with E-state index in [9.17, 15) is 0 Å². The number of aryl methyl sites for hydroxylation is 1. The molecule has 1 aromatic carbocycles. The fourth-order valence-electron chi connectivity index (χ4n) is 1.17. The summed E-state index contributed by atoms with van der Waals surface area (Å²) in [7, 11) is 0. The van der Waals surface area contributed by atoms with E-state index in [0.717, 1.165) is 14.2 Å². The summed E-state index contributed by atoms with van der Waals surface area (Å²) in [5, 5.41) is 20.4. The first kappa shape index (κ1) is 11.9. The molecule has 0 aliphatic carbocycles. The number of benzene rings is 1. The number of nitrogens with zero attached hydrogens (tertiary/aromatic N) is 3. The highest BCUT2D eigenvalue weighted by Crippen LogP contribution is 2.29. The second-order valence-electron chi connectivity index (χ2n) is 3.20. The van der Waals surface area contributed by atoms with Gasteiger partial charge in [0.2, 0.25) is 0 Å². The van der Waals surface area contributed by atoms with Crippen molar-refractivity contribution in [1.29, 1.82) is 0 Å². The van der Waals surface area contributed by atoms with Crippen LogP contribution in [-0.2, 0) is 0 Å². The lowest BCUT2D eigenvalue weighted by molar-refractivity contribution is 0.318. The minimum Gasteiger partial charge on any atom is -0.409 e. The molecule has 0 aliphatic rings. The van der Waals surface area contributed by atoms with Crippen molar-refractivity contribution >= 4 is 28.9 Å². The average Bonchev–Trinajstić information content (AvgIpc) is 2.75. The fraction of sp³-hybridized carbons (Fsp3) is 0.100. The van der Waals surface area contributed by atoms with E-state index in [2.05, 4.69) is 15.4 Å². The molecule has 0 amide bonds. The zero-order valence-electron chi connectivity index (χ0n) is 8.99. The normalized spacial score (nSPS) is 11.7. The zero-order valence-corrected chi connectivity index (χ0v) is 10.6. The summed E-state index contributed by atoms with van der Waals surface area (Å²) in [5.74, 6) is 0.105. The smallest absolute Gasteiger partial charge is 0.179 e. The molecule has 1 heterocycles. The molecule has 17 heavy (non-hydrogen) atoms. The minimum atomic E-state index is 0.105. The average molecular weight is 266 g/mol. The molecule has 3 N–H and O–H groups in total. The van der Waals surface area contributed by atoms with E-state index in [1.54, 1.807) is 23.5 Å². The highest BCUT2D eigenvalue weighted by molar-refractivity contribution is 8.01. The van der Waals surface area contributed by atoms with E-state index in [0.29, 0.717) is 5.56 Å². The molecule has 5 nitrogen and oxygen atoms in total. The monoisotopic (exact) mass is 266 g/mol. The van der Waals surface area contributed by atoms with Crippen molar-refractivity contribution in [3.8, 4) is 0 Å². The van der Waals surface area contributed by atoms with E-state index < -0.39 is 0 Å². The molecule has 1 aromatic heterocycles. The number of aromatic nitrogens is 2. The van der Waals surface area contributed by atoms with Crippen LogP contribution in [0.3, 0.4) is 0 Å². The lowest BCUT2D eigenvalue weighted by Gasteiger charge is -2.00. The molecule has 2 aromatic rings. The van der Waals surface area contributed by atoms with Gasteiger partial charge in [0.05, 0.1) is 0 Å². The number of hydrogen-bond donors (Lipinski definition) is 2. The summed E-state index contributed by atoms with van der Waals surface area (Å²) in [6.45, 7) is 1.92. The molecule has 0 spiro atoms. The Kier molecular flexibility index (Phi) is 3.60. The molecule has 0 bridgehead atoms. The SMILES string of the molecule is Cc1nnc(Sc2ccc(/C(N)=N/O)cc2)s1. The second-order valence-corrected chi connectivity index (χ2v) is 5.70. The van der Waals surface area contributed by atoms with E-state index in [1.807, 2.05) is 19.1 Å². The number of amidine groups is 1. The molecule has 0 aliphatic heterocycles. The molecule has 7 heteroatoms. The lowest BCUT2D eigenvalue weighted by atomic mass is 10.2. The van der Waals surface area contributed by atoms with Crippen LogP contribution in [0.5, 0.6) is 0 Å². The maximum atomic E-state index is 8.54. The summed E-state index contributed by atoms with van der Waals surface area (Å²) < 4.78 is 0.902. The Morgan fingerprint density at radius 2 is 2.06 bits per heavy atom. The predicted octanol–water partition coefficient (Wildman–Crippen LogP) is 2.09. The third kappa shape index (κ3) is 2.95. The van der Waals surface area contributed by atoms with Crippen LogP contribution in [0.2, 0.25) is 0 Å². The molecule has 88 valence electrons. The Balaban J connectivity index is 2.13. The summed E-state index contributed by atoms with van der Waals surface area (Å²) in [6.07, 6.45) is 0. The Morgan fingerprint density at radius 1 is 1.35 bits per heavy atom. The maximum Gasteiger partial charge on any atom is 0.179 e. The highest BCUT2D eigenvalue weighted by atomic mass is 32.2. The fourth-order valence-corrected chi connectivity index (χ4v) is 2.96. The minimum absolute atomic E-state index is 0.105. The van der Waals surface area contributed by atoms with E-state index in [-0.39, 0.29) is 5.84 Å². The summed E-state index contributed by atoms with van der Waals surface area (Å²) in [5.41, 5.74) is 6.16. The van der Waals surface area contributed by atoms with Gasteiger partial charge in [-0.1, -0.05) is 40.4 Å². The summed E-state index contributed by atoms with van der Waals surface area (Å²) >= 11 is 3.09. The number of oxime groups is 1. The molecule has 0 atom stereocenters. The van der Waals surface area contributed by atoms with Gasteiger partial charge in [0.15, 0.2) is 10.2 Å². The molecule has 2 rings (SSSR count). The van der Waals surface area contributed by atoms with Gasteiger partial charge < -0.3 is 10.9 Å². The van der Waals surface area contributed by atoms with Crippen LogP contribution in [0, 0.1) is 6.92 Å². The van der Waals surface area contributed by atoms with Gasteiger partial charge in [-0.2, -0.15) is 0 Å². The zero-order chi connectivity index (χ0) is 12.3. The molecular weight excluding hydrogens is 256 g/mol. The Bertz CT molecular complexity index is 535. The van der Waals surface area contributed by atoms with E-state index >= 15 is 0 Å². The highest BCUT2D eigenvalue weighted by Gasteiger charge is 2.04. The predicted molar refractivity (Wildman–Crippen MR) is 67.7 cm³/mol. The topological polar surface area (TPSA) is 84.4 Å². The van der Waals surface area contributed by atoms with Crippen LogP contribution >= 0.6 is 23.1 Å². The Labute approximate surface area is 106 Å². The largest absolute Gasteiger partial charge is 0.409 e. The molecule has 0 fully saturated rings.